The van der Waals surface area contributed by atoms with E-state index >= 15 is 0 Å². The fourth-order valence-corrected chi connectivity index (χ4v) is 1.64. The third-order valence-electron chi connectivity index (χ3n) is 1.63. The molecule has 0 aromatic heterocycles. The normalized spacial score (nSPS) is 10.0. The summed E-state index contributed by atoms with van der Waals surface area (Å²) in [5.41, 5.74) is 0.625. The number of thioether (sulfide) groups is 1. The summed E-state index contributed by atoms with van der Waals surface area (Å²) in [7, 11) is 0. The van der Waals surface area contributed by atoms with Gasteiger partial charge in [-0.15, -0.1) is 0 Å². The third-order valence-corrected chi connectivity index (χ3v) is 2.74. The van der Waals surface area contributed by atoms with Gasteiger partial charge in [0.2, 0.25) is 5.12 Å². The first kappa shape index (κ1) is 12.7. The Labute approximate surface area is 84.4 Å². The van der Waals surface area contributed by atoms with Crippen LogP contribution in [0.3, 0.4) is 0 Å². The topological polar surface area (TPSA) is 37.3 Å². The van der Waals surface area contributed by atoms with Gasteiger partial charge in [-0.1, -0.05) is 31.2 Å². The van der Waals surface area contributed by atoms with Crippen molar-refractivity contribution in [3.8, 4) is 0 Å². The Morgan fingerprint density at radius 1 is 1.31 bits per heavy atom. The quantitative estimate of drug-likeness (QED) is 0.509. The third kappa shape index (κ3) is 8.06. The Bertz CT molecular complexity index is 166. The van der Waals surface area contributed by atoms with Crippen molar-refractivity contribution in [2.75, 3.05) is 12.4 Å². The standard InChI is InChI=1S/C10H18O2S/c1-9(2)10(12)13-8-6-4-3-5-7-11/h11H,1,3-8H2,2H3. The van der Waals surface area contributed by atoms with Gasteiger partial charge in [0.15, 0.2) is 0 Å². The fourth-order valence-electron chi connectivity index (χ4n) is 0.855. The van der Waals surface area contributed by atoms with Gasteiger partial charge in [-0.25, -0.2) is 0 Å². The van der Waals surface area contributed by atoms with Crippen molar-refractivity contribution in [1.29, 1.82) is 0 Å². The number of carbonyl (C=O) groups is 1. The van der Waals surface area contributed by atoms with E-state index in [-0.39, 0.29) is 11.7 Å². The van der Waals surface area contributed by atoms with Gasteiger partial charge in [-0.2, -0.15) is 0 Å². The molecule has 0 aromatic carbocycles. The van der Waals surface area contributed by atoms with Gasteiger partial charge in [0.05, 0.1) is 0 Å². The Balaban J connectivity index is 3.16. The van der Waals surface area contributed by atoms with E-state index in [1.165, 1.54) is 11.8 Å². The van der Waals surface area contributed by atoms with Crippen LogP contribution in [0.5, 0.6) is 0 Å². The zero-order valence-electron chi connectivity index (χ0n) is 8.21. The van der Waals surface area contributed by atoms with E-state index in [0.717, 1.165) is 31.4 Å². The van der Waals surface area contributed by atoms with Gasteiger partial charge in [0.1, 0.15) is 0 Å². The SMILES string of the molecule is C=C(C)C(=O)SCCCCCCO. The summed E-state index contributed by atoms with van der Waals surface area (Å²) in [5, 5.41) is 8.61. The first-order chi connectivity index (χ1) is 6.18. The molecule has 0 atom stereocenters. The molecule has 0 saturated heterocycles. The van der Waals surface area contributed by atoms with E-state index in [4.69, 9.17) is 5.11 Å². The molecular formula is C10H18O2S. The van der Waals surface area contributed by atoms with Crippen molar-refractivity contribution >= 4 is 16.9 Å². The van der Waals surface area contributed by atoms with Crippen LogP contribution in [-0.4, -0.2) is 22.6 Å². The lowest BCUT2D eigenvalue weighted by molar-refractivity contribution is -0.107. The summed E-state index contributed by atoms with van der Waals surface area (Å²) in [6.45, 7) is 5.59. The van der Waals surface area contributed by atoms with E-state index in [2.05, 4.69) is 6.58 Å². The summed E-state index contributed by atoms with van der Waals surface area (Å²) < 4.78 is 0. The van der Waals surface area contributed by atoms with E-state index in [1.54, 1.807) is 6.92 Å². The molecule has 2 nitrogen and oxygen atoms in total. The molecule has 0 amide bonds. The maximum atomic E-state index is 11.1. The van der Waals surface area contributed by atoms with E-state index in [0.29, 0.717) is 5.57 Å². The van der Waals surface area contributed by atoms with Crippen molar-refractivity contribution in [3.05, 3.63) is 12.2 Å². The van der Waals surface area contributed by atoms with Crippen molar-refractivity contribution in [2.45, 2.75) is 32.6 Å². The number of aliphatic hydroxyl groups is 1. The molecule has 0 heterocycles. The zero-order valence-corrected chi connectivity index (χ0v) is 9.03. The summed E-state index contributed by atoms with van der Waals surface area (Å²) in [6.07, 6.45) is 4.07. The number of rotatable bonds is 7. The van der Waals surface area contributed by atoms with Gasteiger partial charge in [-0.05, 0) is 25.3 Å². The Kier molecular flexibility index (Phi) is 8.14. The molecule has 0 aliphatic carbocycles. The average molecular weight is 202 g/mol. The average Bonchev–Trinajstić information content (AvgIpc) is 2.10. The molecule has 0 aliphatic rings. The van der Waals surface area contributed by atoms with Crippen LogP contribution in [0.2, 0.25) is 0 Å². The molecule has 0 fully saturated rings. The second-order valence-electron chi connectivity index (χ2n) is 3.05. The first-order valence-electron chi connectivity index (χ1n) is 4.62. The Hall–Kier alpha value is -0.280. The fraction of sp³-hybridized carbons (Fsp3) is 0.700. The zero-order chi connectivity index (χ0) is 10.1. The lowest BCUT2D eigenvalue weighted by Crippen LogP contribution is -1.93. The Morgan fingerprint density at radius 2 is 1.92 bits per heavy atom. The minimum absolute atomic E-state index is 0.0992. The maximum absolute atomic E-state index is 11.1. The highest BCUT2D eigenvalue weighted by molar-refractivity contribution is 8.14. The molecule has 0 spiro atoms. The molecule has 76 valence electrons. The van der Waals surface area contributed by atoms with Crippen LogP contribution in [0.4, 0.5) is 0 Å². The summed E-state index contributed by atoms with van der Waals surface area (Å²) in [5.74, 6) is 0.872. The van der Waals surface area contributed by atoms with Crippen molar-refractivity contribution in [3.63, 3.8) is 0 Å². The largest absolute Gasteiger partial charge is 0.396 e. The molecule has 0 unspecified atom stereocenters. The van der Waals surface area contributed by atoms with Crippen molar-refractivity contribution in [1.82, 2.24) is 0 Å². The number of hydrogen-bond acceptors (Lipinski definition) is 3. The van der Waals surface area contributed by atoms with E-state index in [9.17, 15) is 4.79 Å². The van der Waals surface area contributed by atoms with Gasteiger partial charge in [-0.3, -0.25) is 4.79 Å². The minimum Gasteiger partial charge on any atom is -0.396 e. The summed E-state index contributed by atoms with van der Waals surface area (Å²) in [4.78, 5) is 11.1. The highest BCUT2D eigenvalue weighted by atomic mass is 32.2. The molecule has 1 N–H and O–H groups in total. The molecule has 0 saturated carbocycles. The monoisotopic (exact) mass is 202 g/mol. The minimum atomic E-state index is 0.0992. The van der Waals surface area contributed by atoms with Crippen LogP contribution in [0.15, 0.2) is 12.2 Å². The van der Waals surface area contributed by atoms with Crippen LogP contribution in [0.25, 0.3) is 0 Å². The Morgan fingerprint density at radius 3 is 2.46 bits per heavy atom. The lowest BCUT2D eigenvalue weighted by atomic mass is 10.2. The number of hydrogen-bond donors (Lipinski definition) is 1. The summed E-state index contributed by atoms with van der Waals surface area (Å²) >= 11 is 1.34. The van der Waals surface area contributed by atoms with Gasteiger partial charge < -0.3 is 5.11 Å². The van der Waals surface area contributed by atoms with Gasteiger partial charge >= 0.3 is 0 Å². The highest BCUT2D eigenvalue weighted by Gasteiger charge is 2.01. The second kappa shape index (κ2) is 8.32. The van der Waals surface area contributed by atoms with Crippen molar-refractivity contribution in [2.24, 2.45) is 0 Å². The van der Waals surface area contributed by atoms with E-state index < -0.39 is 0 Å². The predicted octanol–water partition coefficient (Wildman–Crippen LogP) is 2.38. The number of aliphatic hydroxyl groups excluding tert-OH is 1. The molecule has 0 aliphatic heterocycles. The van der Waals surface area contributed by atoms with Gasteiger partial charge in [0.25, 0.3) is 0 Å². The molecule has 13 heavy (non-hydrogen) atoms. The summed E-state index contributed by atoms with van der Waals surface area (Å²) in [6, 6.07) is 0. The lowest BCUT2D eigenvalue weighted by Gasteiger charge is -1.99. The van der Waals surface area contributed by atoms with Gasteiger partial charge in [0, 0.05) is 12.4 Å². The van der Waals surface area contributed by atoms with E-state index in [1.807, 2.05) is 0 Å². The second-order valence-corrected chi connectivity index (χ2v) is 4.12. The molecule has 3 heteroatoms. The maximum Gasteiger partial charge on any atom is 0.214 e. The predicted molar refractivity (Wildman–Crippen MR) is 57.8 cm³/mol. The number of unbranched alkanes of at least 4 members (excludes halogenated alkanes) is 3. The molecule has 0 radical (unpaired) electrons. The molecule has 0 rings (SSSR count). The smallest absolute Gasteiger partial charge is 0.214 e. The first-order valence-corrected chi connectivity index (χ1v) is 5.60. The van der Waals surface area contributed by atoms with Crippen LogP contribution in [-0.2, 0) is 4.79 Å². The molecule has 0 aromatic rings. The van der Waals surface area contributed by atoms with Crippen LogP contribution < -0.4 is 0 Å². The van der Waals surface area contributed by atoms with Crippen LogP contribution in [0.1, 0.15) is 32.6 Å². The number of carbonyl (C=O) groups excluding carboxylic acids is 1. The van der Waals surface area contributed by atoms with Crippen LogP contribution in [0, 0.1) is 0 Å². The highest BCUT2D eigenvalue weighted by Crippen LogP contribution is 2.12. The van der Waals surface area contributed by atoms with Crippen molar-refractivity contribution < 1.29 is 9.90 Å². The van der Waals surface area contributed by atoms with Crippen LogP contribution >= 0.6 is 11.8 Å². The molecular weight excluding hydrogens is 184 g/mol. The molecule has 0 bridgehead atoms.